The Morgan fingerprint density at radius 2 is 1.84 bits per heavy atom. The van der Waals surface area contributed by atoms with E-state index in [-0.39, 0.29) is 35.9 Å². The number of hydrogen-bond acceptors (Lipinski definition) is 9. The zero-order chi connectivity index (χ0) is 34.6. The van der Waals surface area contributed by atoms with Crippen molar-refractivity contribution in [1.82, 2.24) is 40.7 Å². The third-order valence-electron chi connectivity index (χ3n) is 11.5. The summed E-state index contributed by atoms with van der Waals surface area (Å²) in [6.45, 7) is 5.23. The Morgan fingerprint density at radius 3 is 2.58 bits per heavy atom. The average molecular weight is 691 g/mol. The Bertz CT molecular complexity index is 1800. The predicted molar refractivity (Wildman–Crippen MR) is 177 cm³/mol. The number of fused-ring (bicyclic) bond motifs is 1. The highest BCUT2D eigenvalue weighted by atomic mass is 19.4. The standard InChI is InChI=1S/C36H41F3N8O3/c1-22-41-44-33(50-22)25-4-2-23(3-5-25)24-9-14-46(15-10-24)31(48)20-45-16-11-35(21-45)12-17-47(34(35)49)27-6-7-29-28(19-27)32(43-42-29)26-8-13-40-30(18-26)36(37,38)39/h2-5,8-9,13,18,27-29,32,42-43H,6-7,10-12,14-17,19-21H2,1H3/t27?,28?,29?,32?,35-/m0/s1. The molecule has 5 aliphatic rings. The van der Waals surface area contributed by atoms with Gasteiger partial charge in [-0.2, -0.15) is 13.2 Å². The predicted octanol–water partition coefficient (Wildman–Crippen LogP) is 4.39. The summed E-state index contributed by atoms with van der Waals surface area (Å²) in [5.74, 6) is 1.32. The number of alkyl halides is 3. The second-order valence-corrected chi connectivity index (χ2v) is 14.5. The Labute approximate surface area is 288 Å². The number of carbonyl (C=O) groups excluding carboxylic acids is 2. The first-order valence-electron chi connectivity index (χ1n) is 17.5. The molecule has 6 heterocycles. The summed E-state index contributed by atoms with van der Waals surface area (Å²) in [6, 6.07) is 10.7. The molecule has 1 aliphatic carbocycles. The Morgan fingerprint density at radius 1 is 1.04 bits per heavy atom. The monoisotopic (exact) mass is 690 g/mol. The van der Waals surface area contributed by atoms with E-state index in [1.54, 1.807) is 13.0 Å². The molecule has 4 fully saturated rings. The smallest absolute Gasteiger partial charge is 0.421 e. The van der Waals surface area contributed by atoms with Gasteiger partial charge in [0, 0.05) is 56.9 Å². The molecule has 2 N–H and O–H groups in total. The lowest BCUT2D eigenvalue weighted by atomic mass is 9.76. The molecule has 4 aliphatic heterocycles. The SMILES string of the molecule is Cc1nnc(-c2ccc(C3=CCN(C(=O)CN4CC[C@]5(CCN(C6CCC7NNC(c8ccnc(C(F)(F)F)c8)C7C6)C5=O)C4)CC3)cc2)o1. The third-order valence-corrected chi connectivity index (χ3v) is 11.5. The van der Waals surface area contributed by atoms with Gasteiger partial charge in [0.1, 0.15) is 5.69 Å². The summed E-state index contributed by atoms with van der Waals surface area (Å²) >= 11 is 0. The maximum absolute atomic E-state index is 14.1. The maximum atomic E-state index is 14.1. The fourth-order valence-electron chi connectivity index (χ4n) is 8.80. The second kappa shape index (κ2) is 12.9. The van der Waals surface area contributed by atoms with Crippen LogP contribution in [0.15, 0.2) is 53.1 Å². The van der Waals surface area contributed by atoms with Gasteiger partial charge in [-0.15, -0.1) is 10.2 Å². The van der Waals surface area contributed by atoms with E-state index in [4.69, 9.17) is 4.42 Å². The quantitative estimate of drug-likeness (QED) is 0.389. The minimum Gasteiger partial charge on any atom is -0.421 e. The topological polar surface area (TPSA) is 120 Å². The number of benzene rings is 1. The number of rotatable bonds is 6. The van der Waals surface area contributed by atoms with Crippen molar-refractivity contribution in [2.45, 2.75) is 69.8 Å². The van der Waals surface area contributed by atoms with Crippen molar-refractivity contribution < 1.29 is 27.2 Å². The molecule has 264 valence electrons. The molecule has 5 atom stereocenters. The van der Waals surface area contributed by atoms with E-state index in [9.17, 15) is 22.8 Å². The van der Waals surface area contributed by atoms with Gasteiger partial charge in [-0.1, -0.05) is 18.2 Å². The number of carbonyl (C=O) groups is 2. The molecule has 2 aromatic heterocycles. The van der Waals surface area contributed by atoms with E-state index in [1.165, 1.54) is 11.8 Å². The van der Waals surface area contributed by atoms with E-state index >= 15 is 0 Å². The second-order valence-electron chi connectivity index (χ2n) is 14.5. The van der Waals surface area contributed by atoms with Gasteiger partial charge < -0.3 is 14.2 Å². The van der Waals surface area contributed by atoms with Gasteiger partial charge in [-0.05, 0) is 92.0 Å². The number of aryl methyl sites for hydroxylation is 1. The van der Waals surface area contributed by atoms with Gasteiger partial charge in [-0.25, -0.2) is 5.43 Å². The van der Waals surface area contributed by atoms with Gasteiger partial charge in [0.25, 0.3) is 0 Å². The first-order chi connectivity index (χ1) is 24.1. The normalized spacial score (nSPS) is 28.8. The van der Waals surface area contributed by atoms with Crippen LogP contribution in [-0.4, -0.2) is 93.0 Å². The van der Waals surface area contributed by atoms with Crippen LogP contribution >= 0.6 is 0 Å². The molecular weight excluding hydrogens is 649 g/mol. The molecule has 1 spiro atoms. The first-order valence-corrected chi connectivity index (χ1v) is 17.5. The number of nitrogens with zero attached hydrogens (tertiary/aromatic N) is 6. The minimum absolute atomic E-state index is 0.0421. The van der Waals surface area contributed by atoms with Crippen LogP contribution < -0.4 is 10.9 Å². The number of hydrazine groups is 1. The summed E-state index contributed by atoms with van der Waals surface area (Å²) in [6.07, 6.45) is 3.51. The van der Waals surface area contributed by atoms with Crippen LogP contribution in [0, 0.1) is 18.3 Å². The first kappa shape index (κ1) is 33.0. The number of nitrogens with one attached hydrogen (secondary N) is 2. The molecule has 14 heteroatoms. The van der Waals surface area contributed by atoms with E-state index in [2.05, 4.69) is 37.0 Å². The maximum Gasteiger partial charge on any atom is 0.433 e. The molecule has 1 saturated carbocycles. The molecule has 4 unspecified atom stereocenters. The third kappa shape index (κ3) is 6.21. The number of halogens is 3. The van der Waals surface area contributed by atoms with Crippen molar-refractivity contribution in [3.8, 4) is 11.5 Å². The van der Waals surface area contributed by atoms with Gasteiger partial charge in [0.05, 0.1) is 18.0 Å². The van der Waals surface area contributed by atoms with Crippen molar-refractivity contribution >= 4 is 17.4 Å². The van der Waals surface area contributed by atoms with Gasteiger partial charge in [0.2, 0.25) is 23.6 Å². The molecule has 3 saturated heterocycles. The number of pyridine rings is 1. The number of hydrogen-bond donors (Lipinski definition) is 2. The highest BCUT2D eigenvalue weighted by Gasteiger charge is 2.54. The van der Waals surface area contributed by atoms with Crippen molar-refractivity contribution in [3.63, 3.8) is 0 Å². The number of amides is 2. The lowest BCUT2D eigenvalue weighted by molar-refractivity contribution is -0.141. The van der Waals surface area contributed by atoms with Crippen LogP contribution in [0.3, 0.4) is 0 Å². The lowest BCUT2D eigenvalue weighted by Gasteiger charge is -2.38. The van der Waals surface area contributed by atoms with Crippen LogP contribution in [0.25, 0.3) is 17.0 Å². The van der Waals surface area contributed by atoms with Gasteiger partial charge in [-0.3, -0.25) is 24.9 Å². The van der Waals surface area contributed by atoms with Crippen LogP contribution in [0.2, 0.25) is 0 Å². The molecule has 0 radical (unpaired) electrons. The van der Waals surface area contributed by atoms with Crippen LogP contribution in [0.1, 0.15) is 67.3 Å². The van der Waals surface area contributed by atoms with Crippen molar-refractivity contribution in [1.29, 1.82) is 0 Å². The zero-order valence-corrected chi connectivity index (χ0v) is 28.0. The highest BCUT2D eigenvalue weighted by molar-refractivity contribution is 5.86. The highest BCUT2D eigenvalue weighted by Crippen LogP contribution is 2.46. The lowest BCUT2D eigenvalue weighted by Crippen LogP contribution is -2.47. The number of likely N-dealkylation sites (tertiary alicyclic amines) is 2. The summed E-state index contributed by atoms with van der Waals surface area (Å²) in [5.41, 5.74) is 8.90. The van der Waals surface area contributed by atoms with Crippen LogP contribution in [0.5, 0.6) is 0 Å². The van der Waals surface area contributed by atoms with Gasteiger partial charge in [0.15, 0.2) is 0 Å². The van der Waals surface area contributed by atoms with E-state index in [0.717, 1.165) is 55.7 Å². The van der Waals surface area contributed by atoms with E-state index < -0.39 is 17.3 Å². The van der Waals surface area contributed by atoms with Crippen molar-refractivity contribution in [2.75, 3.05) is 39.3 Å². The number of aromatic nitrogens is 3. The van der Waals surface area contributed by atoms with Crippen LogP contribution in [0.4, 0.5) is 13.2 Å². The van der Waals surface area contributed by atoms with Gasteiger partial charge >= 0.3 is 6.18 Å². The fourth-order valence-corrected chi connectivity index (χ4v) is 8.80. The molecule has 1 aromatic carbocycles. The van der Waals surface area contributed by atoms with Crippen molar-refractivity contribution in [2.24, 2.45) is 11.3 Å². The van der Waals surface area contributed by atoms with E-state index in [0.29, 0.717) is 56.6 Å². The molecule has 2 amide bonds. The summed E-state index contributed by atoms with van der Waals surface area (Å²) in [5, 5.41) is 7.97. The Hall–Kier alpha value is -4.14. The average Bonchev–Trinajstić information content (AvgIpc) is 3.92. The summed E-state index contributed by atoms with van der Waals surface area (Å²) in [7, 11) is 0. The van der Waals surface area contributed by atoms with Crippen LogP contribution in [-0.2, 0) is 15.8 Å². The Kier molecular flexibility index (Phi) is 8.51. The van der Waals surface area contributed by atoms with Crippen molar-refractivity contribution in [3.05, 3.63) is 71.4 Å². The molecular formula is C36H41F3N8O3. The minimum atomic E-state index is -4.51. The summed E-state index contributed by atoms with van der Waals surface area (Å²) < 4.78 is 45.7. The van der Waals surface area contributed by atoms with E-state index in [1.807, 2.05) is 34.1 Å². The molecule has 50 heavy (non-hydrogen) atoms. The summed E-state index contributed by atoms with van der Waals surface area (Å²) in [4.78, 5) is 37.0. The fraction of sp³-hybridized carbons (Fsp3) is 0.528. The molecule has 3 aromatic rings. The molecule has 0 bridgehead atoms. The molecule has 8 rings (SSSR count). The Balaban J connectivity index is 0.853. The largest absolute Gasteiger partial charge is 0.433 e. The molecule has 11 nitrogen and oxygen atoms in total. The zero-order valence-electron chi connectivity index (χ0n) is 28.0.